The molecule has 0 aliphatic rings. The first-order valence-electron chi connectivity index (χ1n) is 23.9. The van der Waals surface area contributed by atoms with Crippen molar-refractivity contribution >= 4 is 61.0 Å². The van der Waals surface area contributed by atoms with Crippen molar-refractivity contribution in [3.05, 3.63) is 45.5 Å². The first-order chi connectivity index (χ1) is 31.3. The largest absolute Gasteiger partial charge is 0.437 e. The summed E-state index contributed by atoms with van der Waals surface area (Å²) < 4.78 is 16.3. The van der Waals surface area contributed by atoms with Gasteiger partial charge in [0, 0.05) is 65.3 Å². The van der Waals surface area contributed by atoms with E-state index in [2.05, 4.69) is 98.7 Å². The molecule has 2 aromatic heterocycles. The number of nitrogens with one attached hydrogen (secondary N) is 8. The minimum absolute atomic E-state index is 0.176. The van der Waals surface area contributed by atoms with Gasteiger partial charge in [-0.2, -0.15) is 9.97 Å². The number of carbonyl (C=O) groups is 4. The third-order valence-electron chi connectivity index (χ3n) is 10.5. The predicted molar refractivity (Wildman–Crippen MR) is 269 cm³/mol. The van der Waals surface area contributed by atoms with Crippen molar-refractivity contribution in [1.29, 1.82) is 0 Å². The summed E-state index contributed by atoms with van der Waals surface area (Å²) in [6, 6.07) is 3.84. The summed E-state index contributed by atoms with van der Waals surface area (Å²) >= 11 is 0. The Morgan fingerprint density at radius 2 is 0.894 bits per heavy atom. The number of aryl methyl sites for hydroxylation is 2. The average molecular weight is 979 g/mol. The van der Waals surface area contributed by atoms with E-state index in [-0.39, 0.29) is 29.4 Å². The Balaban J connectivity index is 1.46. The molecule has 2 rings (SSSR count). The zero-order valence-corrected chi connectivity index (χ0v) is 44.1. The zero-order valence-electron chi connectivity index (χ0n) is 41.1. The highest BCUT2D eigenvalue weighted by atomic mass is 28.5. The Morgan fingerprint density at radius 1 is 0.515 bits per heavy atom. The topological polar surface area (TPSA) is 253 Å². The molecule has 0 spiro atoms. The van der Waals surface area contributed by atoms with Gasteiger partial charge in [-0.1, -0.05) is 51.9 Å². The van der Waals surface area contributed by atoms with Crippen molar-refractivity contribution in [2.75, 3.05) is 49.9 Å². The molecular formula is C43H82N12O8Si3. The highest BCUT2D eigenvalue weighted by molar-refractivity contribution is 6.87. The van der Waals surface area contributed by atoms with E-state index in [1.165, 1.54) is 10.8 Å². The number of nitrogens with zero attached hydrogens (tertiary/aromatic N) is 4. The number of anilines is 2. The van der Waals surface area contributed by atoms with Crippen LogP contribution in [0, 0.1) is 0 Å². The monoisotopic (exact) mass is 979 g/mol. The number of hydrogen-bond donors (Lipinski definition) is 8. The number of aromatic nitrogens is 4. The van der Waals surface area contributed by atoms with Gasteiger partial charge in [0.05, 0.1) is 0 Å². The van der Waals surface area contributed by atoms with Crippen LogP contribution >= 0.6 is 0 Å². The minimum Gasteiger partial charge on any atom is -0.437 e. The van der Waals surface area contributed by atoms with Gasteiger partial charge >= 0.3 is 44.1 Å². The fourth-order valence-corrected chi connectivity index (χ4v) is 21.3. The predicted octanol–water partition coefficient (Wildman–Crippen LogP) is 6.51. The summed E-state index contributed by atoms with van der Waals surface area (Å²) in [5.41, 5.74) is -0.808. The first-order valence-corrected chi connectivity index (χ1v) is 33.0. The van der Waals surface area contributed by atoms with Crippen molar-refractivity contribution in [1.82, 2.24) is 51.0 Å². The van der Waals surface area contributed by atoms with E-state index >= 15 is 0 Å². The van der Waals surface area contributed by atoms with E-state index in [1.807, 2.05) is 0 Å². The Kier molecular flexibility index (Phi) is 27.4. The van der Waals surface area contributed by atoms with Gasteiger partial charge < -0.3 is 44.7 Å². The van der Waals surface area contributed by atoms with Crippen LogP contribution in [0.4, 0.5) is 30.8 Å². The Hall–Kier alpha value is -4.59. The fourth-order valence-electron chi connectivity index (χ4n) is 7.26. The molecule has 66 heavy (non-hydrogen) atoms. The quantitative estimate of drug-likeness (QED) is 0.0285. The van der Waals surface area contributed by atoms with E-state index in [0.717, 1.165) is 102 Å². The molecule has 0 saturated heterocycles. The lowest BCUT2D eigenvalue weighted by atomic mass is 10.2. The number of urea groups is 4. The molecule has 8 N–H and O–H groups in total. The van der Waals surface area contributed by atoms with Crippen LogP contribution in [0.3, 0.4) is 0 Å². The van der Waals surface area contributed by atoms with E-state index in [4.69, 9.17) is 8.23 Å². The van der Waals surface area contributed by atoms with Crippen molar-refractivity contribution in [3.8, 4) is 0 Å². The summed E-state index contributed by atoms with van der Waals surface area (Å²) in [7, 11) is -4.93. The molecular weight excluding hydrogens is 897 g/mol. The lowest BCUT2D eigenvalue weighted by molar-refractivity contribution is 0.239. The SMILES string of the molecule is CCCCCCn1ccc(NC(=O)NCCCCCCNC(=O)NCCC[Si](C)(C)O[Si](C)(C)O[Si](C)(C)CCCNC(=O)NCCCCCCNC(=O)Nc2ccn(C)c(=O)n2)nc1=O. The lowest BCUT2D eigenvalue weighted by Crippen LogP contribution is -2.52. The number of carbonyl (C=O) groups excluding carboxylic acids is 4. The second-order valence-electron chi connectivity index (χ2n) is 18.3. The van der Waals surface area contributed by atoms with Gasteiger partial charge in [0.15, 0.2) is 16.6 Å². The number of unbranched alkanes of at least 4 members (excludes halogenated alkanes) is 9. The van der Waals surface area contributed by atoms with Gasteiger partial charge in [0.1, 0.15) is 11.6 Å². The maximum absolute atomic E-state index is 12.4. The van der Waals surface area contributed by atoms with E-state index in [0.29, 0.717) is 45.8 Å². The van der Waals surface area contributed by atoms with Crippen LogP contribution in [0.2, 0.25) is 51.4 Å². The molecule has 0 aromatic carbocycles. The van der Waals surface area contributed by atoms with Crippen LogP contribution in [-0.4, -0.2) is 108 Å². The molecule has 0 atom stereocenters. The van der Waals surface area contributed by atoms with Crippen molar-refractivity contribution < 1.29 is 27.4 Å². The minimum atomic E-state index is -2.41. The molecule has 2 heterocycles. The number of rotatable bonds is 33. The molecule has 374 valence electrons. The Morgan fingerprint density at radius 3 is 1.30 bits per heavy atom. The van der Waals surface area contributed by atoms with Crippen molar-refractivity contribution in [2.24, 2.45) is 7.05 Å². The lowest BCUT2D eigenvalue weighted by Gasteiger charge is -2.38. The van der Waals surface area contributed by atoms with Gasteiger partial charge in [0.25, 0.3) is 0 Å². The second kappa shape index (κ2) is 31.4. The summed E-state index contributed by atoms with van der Waals surface area (Å²) in [5, 5.41) is 22.5. The van der Waals surface area contributed by atoms with Crippen LogP contribution in [0.5, 0.6) is 0 Å². The highest BCUT2D eigenvalue weighted by Gasteiger charge is 2.39. The molecule has 0 radical (unpaired) electrons. The molecule has 23 heteroatoms. The van der Waals surface area contributed by atoms with Crippen LogP contribution < -0.4 is 53.9 Å². The number of hydrogen-bond acceptors (Lipinski definition) is 10. The molecule has 0 unspecified atom stereocenters. The van der Waals surface area contributed by atoms with Gasteiger partial charge in [-0.3, -0.25) is 15.2 Å². The second-order valence-corrected chi connectivity index (χ2v) is 30.8. The van der Waals surface area contributed by atoms with E-state index < -0.39 is 42.9 Å². The van der Waals surface area contributed by atoms with Crippen LogP contribution in [0.15, 0.2) is 34.1 Å². The van der Waals surface area contributed by atoms with Crippen LogP contribution in [0.1, 0.15) is 96.8 Å². The van der Waals surface area contributed by atoms with Crippen molar-refractivity contribution in [2.45, 2.75) is 155 Å². The summed E-state index contributed by atoms with van der Waals surface area (Å²) in [6.07, 6.45) is 16.0. The first kappa shape index (κ1) is 57.5. The average Bonchev–Trinajstić information content (AvgIpc) is 3.23. The van der Waals surface area contributed by atoms with Gasteiger partial charge in [-0.25, -0.2) is 28.8 Å². The molecule has 20 nitrogen and oxygen atoms in total. The smallest absolute Gasteiger partial charge is 0.349 e. The maximum atomic E-state index is 12.4. The van der Waals surface area contributed by atoms with Gasteiger partial charge in [-0.05, 0) is 108 Å². The summed E-state index contributed by atoms with van der Waals surface area (Å²) in [6.45, 7) is 19.1. The maximum Gasteiger partial charge on any atom is 0.349 e. The van der Waals surface area contributed by atoms with Crippen molar-refractivity contribution in [3.63, 3.8) is 0 Å². The fraction of sp³-hybridized carbons (Fsp3) is 0.721. The molecule has 0 aliphatic carbocycles. The van der Waals surface area contributed by atoms with E-state index in [9.17, 15) is 28.8 Å². The molecule has 2 aromatic rings. The van der Waals surface area contributed by atoms with Crippen LogP contribution in [-0.2, 0) is 21.8 Å². The summed E-state index contributed by atoms with van der Waals surface area (Å²) in [4.78, 5) is 80.4. The molecule has 0 bridgehead atoms. The highest BCUT2D eigenvalue weighted by Crippen LogP contribution is 2.26. The molecule has 0 fully saturated rings. The number of amides is 8. The van der Waals surface area contributed by atoms with Gasteiger partial charge in [0.2, 0.25) is 0 Å². The standard InChI is InChI=1S/C43H82N12O8Si3/c1-9-10-11-20-31-55-33-24-37(53-43(55)61)51-41(59)49-28-19-15-13-17-26-45-39(57)47-30-22-35-65(5,6)63-66(7,8)62-64(3,4)34-21-29-46-38(56)44-25-16-12-14-18-27-48-40(58)50-36-23-32-54(2)42(60)52-36/h23-24,32-33H,9-22,25-31,34-35H2,1-8H3,(H2,44,46,56)(H2,45,47,57)(H2,48,50,52,58,60)(H2,49,51,53,59,61). The zero-order chi connectivity index (χ0) is 48.9. The van der Waals surface area contributed by atoms with E-state index in [1.54, 1.807) is 29.9 Å². The Bertz CT molecular complexity index is 1880. The third kappa shape index (κ3) is 27.8. The molecule has 0 saturated carbocycles. The third-order valence-corrected chi connectivity index (χ3v) is 21.9. The molecule has 8 amide bonds. The summed E-state index contributed by atoms with van der Waals surface area (Å²) in [5.74, 6) is 0.442. The van der Waals surface area contributed by atoms with Gasteiger partial charge in [-0.15, -0.1) is 0 Å². The molecule has 0 aliphatic heterocycles. The normalized spacial score (nSPS) is 11.7. The Labute approximate surface area is 395 Å². The van der Waals surface area contributed by atoms with Crippen LogP contribution in [0.25, 0.3) is 0 Å².